The van der Waals surface area contributed by atoms with Crippen LogP contribution in [0.5, 0.6) is 5.75 Å². The minimum atomic E-state index is -3.64. The number of nitrogens with zero attached hydrogens (tertiary/aromatic N) is 2. The van der Waals surface area contributed by atoms with Gasteiger partial charge in [0.1, 0.15) is 12.4 Å². The lowest BCUT2D eigenvalue weighted by molar-refractivity contribution is 0.0696. The molecule has 1 aromatic rings. The molecule has 3 rings (SSSR count). The molecule has 0 saturated carbocycles. The SMILES string of the molecule is O=C(O)c1ccc2c(c1)OCCN2S(=O)(=O)N1CC=CCC1. The number of ether oxygens (including phenoxy) is 1. The topological polar surface area (TPSA) is 87.1 Å². The van der Waals surface area contributed by atoms with Crippen molar-refractivity contribution in [2.75, 3.05) is 30.5 Å². The summed E-state index contributed by atoms with van der Waals surface area (Å²) in [6.45, 7) is 1.20. The van der Waals surface area contributed by atoms with Crippen LogP contribution in [-0.4, -0.2) is 50.0 Å². The molecule has 0 atom stereocenters. The second-order valence-corrected chi connectivity index (χ2v) is 6.89. The van der Waals surface area contributed by atoms with Crippen LogP contribution >= 0.6 is 0 Å². The highest BCUT2D eigenvalue weighted by molar-refractivity contribution is 7.90. The van der Waals surface area contributed by atoms with Crippen LogP contribution < -0.4 is 9.04 Å². The minimum absolute atomic E-state index is 0.0684. The summed E-state index contributed by atoms with van der Waals surface area (Å²) in [6.07, 6.45) is 4.47. The normalized spacial score (nSPS) is 18.6. The Balaban J connectivity index is 1.97. The maximum Gasteiger partial charge on any atom is 0.335 e. The summed E-state index contributed by atoms with van der Waals surface area (Å²) in [6, 6.07) is 4.22. The van der Waals surface area contributed by atoms with Crippen molar-refractivity contribution < 1.29 is 23.1 Å². The number of anilines is 1. The number of benzene rings is 1. The van der Waals surface area contributed by atoms with E-state index in [0.29, 0.717) is 25.2 Å². The van der Waals surface area contributed by atoms with Crippen LogP contribution in [0.2, 0.25) is 0 Å². The van der Waals surface area contributed by atoms with Crippen molar-refractivity contribution in [2.45, 2.75) is 6.42 Å². The van der Waals surface area contributed by atoms with Gasteiger partial charge >= 0.3 is 16.2 Å². The van der Waals surface area contributed by atoms with E-state index in [0.717, 1.165) is 0 Å². The van der Waals surface area contributed by atoms with Gasteiger partial charge in [-0.05, 0) is 24.6 Å². The Morgan fingerprint density at radius 3 is 2.73 bits per heavy atom. The Hall–Kier alpha value is -2.06. The van der Waals surface area contributed by atoms with Crippen LogP contribution in [0.4, 0.5) is 5.69 Å². The zero-order valence-corrected chi connectivity index (χ0v) is 12.6. The molecule has 118 valence electrons. The first kappa shape index (κ1) is 14.9. The van der Waals surface area contributed by atoms with Crippen molar-refractivity contribution >= 4 is 21.9 Å². The lowest BCUT2D eigenvalue weighted by Crippen LogP contribution is -2.48. The van der Waals surface area contributed by atoms with Crippen LogP contribution in [0.3, 0.4) is 0 Å². The molecule has 22 heavy (non-hydrogen) atoms. The maximum atomic E-state index is 12.8. The van der Waals surface area contributed by atoms with Crippen LogP contribution in [-0.2, 0) is 10.2 Å². The van der Waals surface area contributed by atoms with Crippen molar-refractivity contribution in [1.29, 1.82) is 0 Å². The fourth-order valence-corrected chi connectivity index (χ4v) is 4.13. The Labute approximate surface area is 128 Å². The highest BCUT2D eigenvalue weighted by atomic mass is 32.2. The fraction of sp³-hybridized carbons (Fsp3) is 0.357. The smallest absolute Gasteiger partial charge is 0.335 e. The molecule has 0 amide bonds. The predicted molar refractivity (Wildman–Crippen MR) is 80.5 cm³/mol. The minimum Gasteiger partial charge on any atom is -0.489 e. The van der Waals surface area contributed by atoms with E-state index >= 15 is 0 Å². The number of carboxylic acid groups (broad SMARTS) is 1. The van der Waals surface area contributed by atoms with Gasteiger partial charge in [-0.1, -0.05) is 12.2 Å². The van der Waals surface area contributed by atoms with Gasteiger partial charge in [0.2, 0.25) is 0 Å². The molecule has 2 aliphatic rings. The summed E-state index contributed by atoms with van der Waals surface area (Å²) in [5, 5.41) is 9.01. The summed E-state index contributed by atoms with van der Waals surface area (Å²) in [5.41, 5.74) is 0.449. The number of aromatic carboxylic acids is 1. The number of hydrogen-bond acceptors (Lipinski definition) is 4. The highest BCUT2D eigenvalue weighted by Crippen LogP contribution is 2.35. The second kappa shape index (κ2) is 5.62. The standard InChI is InChI=1S/C14H16N2O5S/c17-14(18)11-4-5-12-13(10-11)21-9-8-16(12)22(19,20)15-6-2-1-3-7-15/h1-2,4-5,10H,3,6-9H2,(H,17,18). The van der Waals surface area contributed by atoms with Crippen molar-refractivity contribution in [3.8, 4) is 5.75 Å². The van der Waals surface area contributed by atoms with Gasteiger partial charge in [-0.3, -0.25) is 4.31 Å². The molecular weight excluding hydrogens is 308 g/mol. The van der Waals surface area contributed by atoms with E-state index in [-0.39, 0.29) is 24.5 Å². The summed E-state index contributed by atoms with van der Waals surface area (Å²) < 4.78 is 33.7. The van der Waals surface area contributed by atoms with Gasteiger partial charge in [0, 0.05) is 13.1 Å². The van der Waals surface area contributed by atoms with E-state index < -0.39 is 16.2 Å². The summed E-state index contributed by atoms with van der Waals surface area (Å²) in [4.78, 5) is 11.0. The Kier molecular flexibility index (Phi) is 3.79. The highest BCUT2D eigenvalue weighted by Gasteiger charge is 2.33. The van der Waals surface area contributed by atoms with Gasteiger partial charge in [-0.15, -0.1) is 0 Å². The first-order valence-corrected chi connectivity index (χ1v) is 8.33. The third kappa shape index (κ3) is 2.55. The van der Waals surface area contributed by atoms with Crippen LogP contribution in [0, 0.1) is 0 Å². The van der Waals surface area contributed by atoms with Gasteiger partial charge in [0.25, 0.3) is 0 Å². The van der Waals surface area contributed by atoms with Crippen LogP contribution in [0.15, 0.2) is 30.4 Å². The van der Waals surface area contributed by atoms with E-state index in [9.17, 15) is 13.2 Å². The number of rotatable bonds is 3. The van der Waals surface area contributed by atoms with Gasteiger partial charge in [0.05, 0.1) is 17.8 Å². The van der Waals surface area contributed by atoms with Gasteiger partial charge in [-0.25, -0.2) is 4.79 Å². The third-order valence-electron chi connectivity index (χ3n) is 3.65. The van der Waals surface area contributed by atoms with Crippen molar-refractivity contribution in [1.82, 2.24) is 4.31 Å². The lowest BCUT2D eigenvalue weighted by atomic mass is 10.2. The lowest BCUT2D eigenvalue weighted by Gasteiger charge is -2.35. The molecule has 7 nitrogen and oxygen atoms in total. The molecule has 0 radical (unpaired) electrons. The Morgan fingerprint density at radius 2 is 2.05 bits per heavy atom. The third-order valence-corrected chi connectivity index (χ3v) is 5.57. The molecule has 2 aliphatic heterocycles. The first-order valence-electron chi connectivity index (χ1n) is 6.93. The summed E-state index contributed by atoms with van der Waals surface area (Å²) in [7, 11) is -3.64. The average molecular weight is 324 g/mol. The van der Waals surface area contributed by atoms with Gasteiger partial charge in [0.15, 0.2) is 0 Å². The van der Waals surface area contributed by atoms with E-state index in [2.05, 4.69) is 0 Å². The number of carboxylic acids is 1. The summed E-state index contributed by atoms with van der Waals surface area (Å²) >= 11 is 0. The molecule has 0 fully saturated rings. The van der Waals surface area contributed by atoms with Gasteiger partial charge < -0.3 is 9.84 Å². The quantitative estimate of drug-likeness (QED) is 0.841. The molecular formula is C14H16N2O5S. The average Bonchev–Trinajstić information content (AvgIpc) is 2.54. The fourth-order valence-electron chi connectivity index (χ4n) is 2.54. The second-order valence-electron chi connectivity index (χ2n) is 5.03. The first-order chi connectivity index (χ1) is 10.5. The molecule has 0 spiro atoms. The maximum absolute atomic E-state index is 12.8. The van der Waals surface area contributed by atoms with E-state index in [4.69, 9.17) is 9.84 Å². The molecule has 2 heterocycles. The number of carbonyl (C=O) groups is 1. The Morgan fingerprint density at radius 1 is 1.23 bits per heavy atom. The molecule has 0 unspecified atom stereocenters. The molecule has 0 aromatic heterocycles. The molecule has 8 heteroatoms. The molecule has 1 N–H and O–H groups in total. The number of fused-ring (bicyclic) bond motifs is 1. The molecule has 0 saturated heterocycles. The van der Waals surface area contributed by atoms with Crippen molar-refractivity contribution in [3.63, 3.8) is 0 Å². The van der Waals surface area contributed by atoms with E-state index in [1.54, 1.807) is 0 Å². The van der Waals surface area contributed by atoms with E-state index in [1.807, 2.05) is 12.2 Å². The van der Waals surface area contributed by atoms with E-state index in [1.165, 1.54) is 26.8 Å². The summed E-state index contributed by atoms with van der Waals surface area (Å²) in [5.74, 6) is -0.796. The molecule has 1 aromatic carbocycles. The van der Waals surface area contributed by atoms with Crippen LogP contribution in [0.1, 0.15) is 16.8 Å². The number of hydrogen-bond donors (Lipinski definition) is 1. The van der Waals surface area contributed by atoms with Crippen LogP contribution in [0.25, 0.3) is 0 Å². The predicted octanol–water partition coefficient (Wildman–Crippen LogP) is 1.09. The zero-order chi connectivity index (χ0) is 15.7. The van der Waals surface area contributed by atoms with Gasteiger partial charge in [-0.2, -0.15) is 12.7 Å². The molecule has 0 aliphatic carbocycles. The van der Waals surface area contributed by atoms with Crippen molar-refractivity contribution in [2.24, 2.45) is 0 Å². The van der Waals surface area contributed by atoms with Crippen molar-refractivity contribution in [3.05, 3.63) is 35.9 Å². The zero-order valence-electron chi connectivity index (χ0n) is 11.8. The Bertz CT molecular complexity index is 729. The monoisotopic (exact) mass is 324 g/mol. The largest absolute Gasteiger partial charge is 0.489 e. The molecule has 0 bridgehead atoms.